The number of nitrogens with zero attached hydrogens (tertiary/aromatic N) is 1. The second-order valence-electron chi connectivity index (χ2n) is 2.46. The van der Waals surface area contributed by atoms with Gasteiger partial charge in [-0.25, -0.2) is 24.3 Å². The number of hydrogen-bond donors (Lipinski definition) is 2. The molecule has 2 aromatic rings. The van der Waals surface area contributed by atoms with Crippen LogP contribution in [0.1, 0.15) is 0 Å². The summed E-state index contributed by atoms with van der Waals surface area (Å²) < 4.78 is 17.0. The first-order chi connectivity index (χ1) is 7.72. The van der Waals surface area contributed by atoms with E-state index in [0.717, 1.165) is 0 Å². The summed E-state index contributed by atoms with van der Waals surface area (Å²) in [4.78, 5) is 0. The van der Waals surface area contributed by atoms with Gasteiger partial charge in [0.25, 0.3) is 0 Å². The van der Waals surface area contributed by atoms with Crippen molar-refractivity contribution >= 4 is 5.69 Å². The smallest absolute Gasteiger partial charge is 0.172 e. The van der Waals surface area contributed by atoms with E-state index in [-0.39, 0.29) is 22.3 Å². The molecule has 0 atom stereocenters. The van der Waals surface area contributed by atoms with Gasteiger partial charge in [-0.2, -0.15) is 35.6 Å². The molecule has 0 bridgehead atoms. The van der Waals surface area contributed by atoms with Gasteiger partial charge < -0.3 is 0 Å². The van der Waals surface area contributed by atoms with E-state index in [9.17, 15) is 0 Å². The van der Waals surface area contributed by atoms with E-state index in [1.165, 1.54) is 0 Å². The zero-order valence-electron chi connectivity index (χ0n) is 8.62. The Bertz CT molecular complexity index is 352. The molecule has 0 aliphatic heterocycles. The fourth-order valence-electron chi connectivity index (χ4n) is 0.818. The molecule has 7 heteroatoms. The molecule has 0 aliphatic rings. The molecule has 0 fully saturated rings. The Balaban J connectivity index is 0. The Kier molecular flexibility index (Phi) is 14.5. The van der Waals surface area contributed by atoms with E-state index >= 15 is 0 Å². The topological polar surface area (TPSA) is 77.8 Å². The van der Waals surface area contributed by atoms with Crippen molar-refractivity contribution < 1.29 is 52.8 Å². The minimum absolute atomic E-state index is 0. The normalized spacial score (nSPS) is 7.41. The van der Waals surface area contributed by atoms with E-state index in [0.29, 0.717) is 5.69 Å². The molecule has 5 nitrogen and oxygen atoms in total. The summed E-state index contributed by atoms with van der Waals surface area (Å²) in [6, 6.07) is 16.6. The molecule has 0 saturated carbocycles. The molecule has 0 heterocycles. The van der Waals surface area contributed by atoms with E-state index in [1.54, 1.807) is 24.3 Å². The first kappa shape index (κ1) is 18.6. The van der Waals surface area contributed by atoms with Gasteiger partial charge in [-0.3, -0.25) is 10.4 Å². The molecule has 0 aromatic heterocycles. The van der Waals surface area contributed by atoms with Crippen LogP contribution in [0, 0.1) is 0 Å². The average molecular weight is 361 g/mol. The second kappa shape index (κ2) is 13.3. The standard InChI is InChI=1S/C5H6NO2.C5H5.Fe.Mo.2O/c7-6(8)5-3-1-2-4-5;1-2-4-5-3-1;;;;/h1-4,7-8H;1-5H;;;;/q2*-1;;;;. The van der Waals surface area contributed by atoms with Crippen molar-refractivity contribution in [2.75, 3.05) is 5.23 Å². The van der Waals surface area contributed by atoms with Crippen LogP contribution < -0.4 is 5.23 Å². The summed E-state index contributed by atoms with van der Waals surface area (Å²) in [6.07, 6.45) is 0. The fourth-order valence-corrected chi connectivity index (χ4v) is 0.818. The summed E-state index contributed by atoms with van der Waals surface area (Å²) in [5.41, 5.74) is 0.380. The molecular weight excluding hydrogens is 350 g/mol. The molecule has 0 spiro atoms. The molecular formula is C10H11FeMoNO4-2. The van der Waals surface area contributed by atoms with Crippen LogP contribution >= 0.6 is 0 Å². The summed E-state index contributed by atoms with van der Waals surface area (Å²) in [7, 11) is 0. The molecule has 96 valence electrons. The predicted molar refractivity (Wildman–Crippen MR) is 51.5 cm³/mol. The Morgan fingerprint density at radius 2 is 1.41 bits per heavy atom. The Labute approximate surface area is 118 Å². The Morgan fingerprint density at radius 1 is 1.00 bits per heavy atom. The SMILES string of the molecule is ON(O)[c-]1cccc1.[Fe].[O]=[Mo]=[O].c1cc[cH-]c1. The predicted octanol–water partition coefficient (Wildman–Crippen LogP) is 2.15. The summed E-state index contributed by atoms with van der Waals surface area (Å²) in [6.45, 7) is 0. The molecule has 2 rings (SSSR count). The van der Waals surface area contributed by atoms with Crippen LogP contribution in [-0.2, 0) is 42.4 Å². The van der Waals surface area contributed by atoms with Crippen molar-refractivity contribution in [2.24, 2.45) is 0 Å². The van der Waals surface area contributed by atoms with Gasteiger partial charge in [0.2, 0.25) is 0 Å². The second-order valence-corrected chi connectivity index (χ2v) is 2.80. The van der Waals surface area contributed by atoms with Crippen LogP contribution in [0.5, 0.6) is 0 Å². The fraction of sp³-hybridized carbons (Fsp3) is 0. The van der Waals surface area contributed by atoms with Gasteiger partial charge in [-0.05, 0) is 5.69 Å². The molecule has 0 unspecified atom stereocenters. The van der Waals surface area contributed by atoms with Crippen molar-refractivity contribution in [3.63, 3.8) is 0 Å². The zero-order chi connectivity index (χ0) is 12.2. The maximum atomic E-state index is 8.50. The van der Waals surface area contributed by atoms with Crippen molar-refractivity contribution in [1.29, 1.82) is 0 Å². The van der Waals surface area contributed by atoms with Crippen molar-refractivity contribution in [3.05, 3.63) is 54.6 Å². The van der Waals surface area contributed by atoms with Gasteiger partial charge in [0, 0.05) is 17.1 Å². The number of anilines is 1. The van der Waals surface area contributed by atoms with Crippen LogP contribution in [0.4, 0.5) is 5.69 Å². The van der Waals surface area contributed by atoms with E-state index in [4.69, 9.17) is 17.2 Å². The van der Waals surface area contributed by atoms with Crippen molar-refractivity contribution in [1.82, 2.24) is 0 Å². The third-order valence-corrected chi connectivity index (χ3v) is 1.43. The van der Waals surface area contributed by atoms with E-state index < -0.39 is 18.5 Å². The number of hydrogen-bond acceptors (Lipinski definition) is 5. The monoisotopic (exact) mass is 363 g/mol. The zero-order valence-corrected chi connectivity index (χ0v) is 11.7. The molecule has 0 radical (unpaired) electrons. The minimum atomic E-state index is -2.03. The summed E-state index contributed by atoms with van der Waals surface area (Å²) in [5.74, 6) is 0. The number of rotatable bonds is 1. The third-order valence-electron chi connectivity index (χ3n) is 1.43. The summed E-state index contributed by atoms with van der Waals surface area (Å²) >= 11 is -2.03. The maximum Gasteiger partial charge on any atom is -0.172 e. The van der Waals surface area contributed by atoms with Gasteiger partial charge in [-0.15, -0.1) is 0 Å². The molecule has 17 heavy (non-hydrogen) atoms. The molecule has 0 amide bonds. The van der Waals surface area contributed by atoms with Gasteiger partial charge in [0.15, 0.2) is 0 Å². The third kappa shape index (κ3) is 11.5. The van der Waals surface area contributed by atoms with Crippen LogP contribution in [0.15, 0.2) is 54.6 Å². The van der Waals surface area contributed by atoms with Crippen LogP contribution in [0.25, 0.3) is 0 Å². The van der Waals surface area contributed by atoms with Crippen molar-refractivity contribution in [3.8, 4) is 0 Å². The van der Waals surface area contributed by atoms with Gasteiger partial charge in [0.1, 0.15) is 0 Å². The average Bonchev–Trinajstić information content (AvgIpc) is 2.96. The van der Waals surface area contributed by atoms with Gasteiger partial charge >= 0.3 is 25.3 Å². The summed E-state index contributed by atoms with van der Waals surface area (Å²) in [5, 5.41) is 16.7. The molecule has 2 N–H and O–H groups in total. The molecule has 2 aromatic carbocycles. The van der Waals surface area contributed by atoms with Crippen LogP contribution in [0.2, 0.25) is 0 Å². The first-order valence-electron chi connectivity index (χ1n) is 4.20. The van der Waals surface area contributed by atoms with Crippen LogP contribution in [0.3, 0.4) is 0 Å². The van der Waals surface area contributed by atoms with Crippen LogP contribution in [-0.4, -0.2) is 10.4 Å². The maximum absolute atomic E-state index is 8.50. The van der Waals surface area contributed by atoms with E-state index in [2.05, 4.69) is 0 Å². The minimum Gasteiger partial charge on any atom is -0.214 e. The van der Waals surface area contributed by atoms with E-state index in [1.807, 2.05) is 30.3 Å². The van der Waals surface area contributed by atoms with Gasteiger partial charge in [0.05, 0.1) is 0 Å². The largest absolute Gasteiger partial charge is 0.214 e. The molecule has 0 aliphatic carbocycles. The quantitative estimate of drug-likeness (QED) is 0.463. The Morgan fingerprint density at radius 3 is 1.59 bits per heavy atom. The van der Waals surface area contributed by atoms with Crippen molar-refractivity contribution in [2.45, 2.75) is 0 Å². The Hall–Kier alpha value is -0.772. The molecule has 0 saturated heterocycles. The first-order valence-corrected chi connectivity index (χ1v) is 5.84. The van der Waals surface area contributed by atoms with Gasteiger partial charge in [-0.1, -0.05) is 0 Å².